The lowest BCUT2D eigenvalue weighted by Gasteiger charge is -2.17. The molecular formula is C26H20ClN9O4. The summed E-state index contributed by atoms with van der Waals surface area (Å²) in [5, 5.41) is 30.2. The lowest BCUT2D eigenvalue weighted by atomic mass is 10.1. The van der Waals surface area contributed by atoms with Gasteiger partial charge in [0.15, 0.2) is 5.65 Å². The van der Waals surface area contributed by atoms with E-state index in [0.29, 0.717) is 21.9 Å². The molecule has 40 heavy (non-hydrogen) atoms. The van der Waals surface area contributed by atoms with Crippen molar-refractivity contribution in [3.8, 4) is 5.69 Å². The molecule has 0 aliphatic rings. The van der Waals surface area contributed by atoms with Crippen LogP contribution in [-0.2, 0) is 16.0 Å². The number of rotatable bonds is 9. The molecule has 3 heterocycles. The van der Waals surface area contributed by atoms with E-state index >= 15 is 0 Å². The van der Waals surface area contributed by atoms with Gasteiger partial charge < -0.3 is 10.4 Å². The van der Waals surface area contributed by atoms with Crippen LogP contribution in [0.4, 0.5) is 5.95 Å². The summed E-state index contributed by atoms with van der Waals surface area (Å²) >= 11 is 6.15. The van der Waals surface area contributed by atoms with E-state index in [0.717, 1.165) is 5.56 Å². The number of hydrogen-bond donors (Lipinski definition) is 3. The van der Waals surface area contributed by atoms with Gasteiger partial charge in [-0.25, -0.2) is 9.31 Å². The molecule has 5 rings (SSSR count). The number of nitrogens with one attached hydrogen (secondary N) is 2. The molecule has 0 bridgehead atoms. The van der Waals surface area contributed by atoms with Gasteiger partial charge in [0.05, 0.1) is 11.3 Å². The molecule has 2 aromatic carbocycles. The van der Waals surface area contributed by atoms with Crippen molar-refractivity contribution in [2.75, 3.05) is 5.32 Å². The Bertz CT molecular complexity index is 1720. The predicted octanol–water partition coefficient (Wildman–Crippen LogP) is 2.44. The summed E-state index contributed by atoms with van der Waals surface area (Å²) in [6.45, 7) is 0. The van der Waals surface area contributed by atoms with Crippen molar-refractivity contribution in [1.82, 2.24) is 40.1 Å². The maximum atomic E-state index is 13.3. The fraction of sp³-hybridized carbons (Fsp3) is 0.0769. The van der Waals surface area contributed by atoms with Gasteiger partial charge in [0.25, 0.3) is 0 Å². The lowest BCUT2D eigenvalue weighted by molar-refractivity contribution is -0.123. The number of aromatic nitrogens is 7. The Balaban J connectivity index is 1.35. The van der Waals surface area contributed by atoms with Crippen LogP contribution < -0.4 is 10.6 Å². The number of halogens is 1. The molecule has 0 saturated carbocycles. The Labute approximate surface area is 231 Å². The van der Waals surface area contributed by atoms with E-state index in [4.69, 9.17) is 11.6 Å². The van der Waals surface area contributed by atoms with Gasteiger partial charge in [-0.3, -0.25) is 14.9 Å². The zero-order valence-corrected chi connectivity index (χ0v) is 21.3. The fourth-order valence-electron chi connectivity index (χ4n) is 3.84. The average molecular weight is 558 g/mol. The van der Waals surface area contributed by atoms with Crippen LogP contribution in [-0.4, -0.2) is 63.7 Å². The number of carboxylic acid groups (broad SMARTS) is 1. The maximum Gasteiger partial charge on any atom is 0.337 e. The van der Waals surface area contributed by atoms with Gasteiger partial charge >= 0.3 is 5.97 Å². The molecule has 0 unspecified atom stereocenters. The number of hydrogen-bond acceptors (Lipinski definition) is 8. The van der Waals surface area contributed by atoms with Crippen molar-refractivity contribution >= 4 is 47.1 Å². The van der Waals surface area contributed by atoms with Crippen LogP contribution in [0.1, 0.15) is 21.5 Å². The second-order valence-electron chi connectivity index (χ2n) is 8.49. The monoisotopic (exact) mass is 557 g/mol. The maximum absolute atomic E-state index is 13.3. The first-order valence-electron chi connectivity index (χ1n) is 11.8. The highest BCUT2D eigenvalue weighted by Crippen LogP contribution is 2.20. The number of fused-ring (bicyclic) bond motifs is 1. The average Bonchev–Trinajstić information content (AvgIpc) is 3.61. The molecule has 0 fully saturated rings. The Morgan fingerprint density at radius 1 is 1.07 bits per heavy atom. The number of aromatic carboxylic acids is 1. The normalized spacial score (nSPS) is 11.9. The summed E-state index contributed by atoms with van der Waals surface area (Å²) < 4.78 is 2.68. The second kappa shape index (κ2) is 11.5. The van der Waals surface area contributed by atoms with E-state index in [2.05, 4.69) is 36.2 Å². The standard InChI is InChI=1S/C26H20ClN9O4/c27-19-8-9-21(36-15-28-33-34-36)17(13-19)7-11-23(37)29-20(12-16-4-2-1-3-5-16)24(38)31-26-30-22-10-6-18(25(39)40)14-35(22)32-26/h1-11,13-15,20H,12H2,(H,29,37)(H,39,40)(H,31,32,38)/t20-/m0/s1. The first-order chi connectivity index (χ1) is 19.4. The molecule has 0 radical (unpaired) electrons. The van der Waals surface area contributed by atoms with Crippen LogP contribution in [0.15, 0.2) is 79.3 Å². The molecule has 3 aromatic heterocycles. The largest absolute Gasteiger partial charge is 0.478 e. The van der Waals surface area contributed by atoms with Gasteiger partial charge in [-0.05, 0) is 52.4 Å². The summed E-state index contributed by atoms with van der Waals surface area (Å²) in [5.74, 6) is -2.25. The van der Waals surface area contributed by atoms with Crippen LogP contribution in [0, 0.1) is 0 Å². The second-order valence-corrected chi connectivity index (χ2v) is 8.93. The Hall–Kier alpha value is -5.43. The van der Waals surface area contributed by atoms with Gasteiger partial charge in [0.2, 0.25) is 17.8 Å². The molecule has 5 aromatic rings. The molecule has 3 N–H and O–H groups in total. The van der Waals surface area contributed by atoms with Crippen LogP contribution in [0.2, 0.25) is 5.02 Å². The molecule has 13 nitrogen and oxygen atoms in total. The number of benzene rings is 2. The molecule has 1 atom stereocenters. The van der Waals surface area contributed by atoms with Gasteiger partial charge in [0, 0.05) is 29.3 Å². The Morgan fingerprint density at radius 3 is 2.65 bits per heavy atom. The van der Waals surface area contributed by atoms with Gasteiger partial charge in [-0.1, -0.05) is 41.9 Å². The molecule has 0 spiro atoms. The zero-order valence-electron chi connectivity index (χ0n) is 20.5. The SMILES string of the molecule is O=C(C=Cc1cc(Cl)ccc1-n1cnnn1)N[C@@H](Cc1ccccc1)C(=O)Nc1nc2ccc(C(=O)O)cn2n1. The highest BCUT2D eigenvalue weighted by atomic mass is 35.5. The topological polar surface area (TPSA) is 169 Å². The number of carbonyl (C=O) groups is 3. The predicted molar refractivity (Wildman–Crippen MR) is 144 cm³/mol. The van der Waals surface area contributed by atoms with E-state index in [1.165, 1.54) is 39.9 Å². The number of nitrogens with zero attached hydrogens (tertiary/aromatic N) is 7. The fourth-order valence-corrected chi connectivity index (χ4v) is 4.02. The van der Waals surface area contributed by atoms with Crippen molar-refractivity contribution < 1.29 is 19.5 Å². The molecular weight excluding hydrogens is 538 g/mol. The van der Waals surface area contributed by atoms with Gasteiger partial charge in [-0.2, -0.15) is 9.67 Å². The summed E-state index contributed by atoms with van der Waals surface area (Å²) in [5.41, 5.74) is 2.34. The van der Waals surface area contributed by atoms with Crippen LogP contribution >= 0.6 is 11.6 Å². The third kappa shape index (κ3) is 6.16. The number of tetrazole rings is 1. The highest BCUT2D eigenvalue weighted by molar-refractivity contribution is 6.30. The van der Waals surface area contributed by atoms with Crippen molar-refractivity contribution in [2.45, 2.75) is 12.5 Å². The molecule has 0 aliphatic carbocycles. The third-order valence-corrected chi connectivity index (χ3v) is 5.96. The Kier molecular flexibility index (Phi) is 7.55. The van der Waals surface area contributed by atoms with Crippen molar-refractivity contribution in [2.24, 2.45) is 0 Å². The number of carboxylic acids is 1. The summed E-state index contributed by atoms with van der Waals surface area (Å²) in [7, 11) is 0. The van der Waals surface area contributed by atoms with E-state index < -0.39 is 23.8 Å². The van der Waals surface area contributed by atoms with E-state index in [9.17, 15) is 19.5 Å². The zero-order chi connectivity index (χ0) is 28.1. The first-order valence-corrected chi connectivity index (χ1v) is 12.2. The molecule has 0 saturated heterocycles. The number of amides is 2. The minimum Gasteiger partial charge on any atom is -0.478 e. The van der Waals surface area contributed by atoms with Crippen molar-refractivity contribution in [3.05, 3.63) is 101 Å². The van der Waals surface area contributed by atoms with E-state index in [-0.39, 0.29) is 17.9 Å². The molecule has 0 aliphatic heterocycles. The Morgan fingerprint density at radius 2 is 1.90 bits per heavy atom. The molecule has 2 amide bonds. The number of pyridine rings is 1. The first kappa shape index (κ1) is 26.2. The van der Waals surface area contributed by atoms with Crippen LogP contribution in [0.25, 0.3) is 17.4 Å². The van der Waals surface area contributed by atoms with Crippen molar-refractivity contribution in [3.63, 3.8) is 0 Å². The smallest absolute Gasteiger partial charge is 0.337 e. The summed E-state index contributed by atoms with van der Waals surface area (Å²) in [4.78, 5) is 41.7. The lowest BCUT2D eigenvalue weighted by Crippen LogP contribution is -2.44. The minimum atomic E-state index is -1.12. The highest BCUT2D eigenvalue weighted by Gasteiger charge is 2.22. The minimum absolute atomic E-state index is 0.0132. The van der Waals surface area contributed by atoms with Gasteiger partial charge in [0.1, 0.15) is 12.4 Å². The van der Waals surface area contributed by atoms with E-state index in [1.807, 2.05) is 30.3 Å². The van der Waals surface area contributed by atoms with Crippen LogP contribution in [0.3, 0.4) is 0 Å². The number of anilines is 1. The van der Waals surface area contributed by atoms with Crippen molar-refractivity contribution in [1.29, 1.82) is 0 Å². The van der Waals surface area contributed by atoms with Gasteiger partial charge in [-0.15, -0.1) is 10.2 Å². The summed E-state index contributed by atoms with van der Waals surface area (Å²) in [6, 6.07) is 16.1. The molecule has 200 valence electrons. The summed E-state index contributed by atoms with van der Waals surface area (Å²) in [6.07, 6.45) is 5.71. The number of carbonyl (C=O) groups excluding carboxylic acids is 2. The van der Waals surface area contributed by atoms with E-state index in [1.54, 1.807) is 24.3 Å². The molecule has 14 heteroatoms. The third-order valence-electron chi connectivity index (χ3n) is 5.73. The quantitative estimate of drug-likeness (QED) is 0.230. The van der Waals surface area contributed by atoms with Crippen LogP contribution in [0.5, 0.6) is 0 Å².